The van der Waals surface area contributed by atoms with E-state index < -0.39 is 42.0 Å². The Morgan fingerprint density at radius 2 is 2.09 bits per heavy atom. The summed E-state index contributed by atoms with van der Waals surface area (Å²) in [5.74, 6) is 0. The number of hydrogen-bond donors (Lipinski definition) is 3. The topological polar surface area (TPSA) is 112 Å². The molecule has 4 atom stereocenters. The number of rotatable bonds is 2. The number of amidine groups is 1. The maximum atomic E-state index is 12.9. The van der Waals surface area contributed by atoms with Gasteiger partial charge in [0.25, 0.3) is 0 Å². The third kappa shape index (κ3) is 5.88. The van der Waals surface area contributed by atoms with E-state index in [0.717, 1.165) is 16.7 Å². The lowest BCUT2D eigenvalue weighted by Crippen LogP contribution is -2.49. The molecule has 0 aromatic heterocycles. The molecule has 1 saturated heterocycles. The summed E-state index contributed by atoms with van der Waals surface area (Å²) < 4.78 is 23.4. The summed E-state index contributed by atoms with van der Waals surface area (Å²) in [5.41, 5.74) is -1.54. The van der Waals surface area contributed by atoms with Crippen LogP contribution in [0.15, 0.2) is 5.21 Å². The van der Waals surface area contributed by atoms with Crippen molar-refractivity contribution in [1.82, 2.24) is 4.90 Å². The second-order valence-electron chi connectivity index (χ2n) is 6.10. The Labute approximate surface area is 138 Å². The first-order chi connectivity index (χ1) is 10.6. The fraction of sp³-hybridized carbons (Fsp3) is 0.846. The zero-order valence-electron chi connectivity index (χ0n) is 13.5. The molecule has 3 N–H and O–H groups in total. The summed E-state index contributed by atoms with van der Waals surface area (Å²) in [4.78, 5) is 12.8. The molecule has 134 valence electrons. The van der Waals surface area contributed by atoms with Crippen molar-refractivity contribution >= 4 is 23.0 Å². The number of nitrogens with zero attached hydrogens (tertiary/aromatic N) is 2. The van der Waals surface area contributed by atoms with Crippen LogP contribution in [0.4, 0.5) is 9.28 Å². The van der Waals surface area contributed by atoms with Gasteiger partial charge in [-0.05, 0) is 20.8 Å². The van der Waals surface area contributed by atoms with E-state index in [-0.39, 0.29) is 11.6 Å². The predicted molar refractivity (Wildman–Crippen MR) is 82.5 cm³/mol. The van der Waals surface area contributed by atoms with Crippen molar-refractivity contribution in [3.05, 3.63) is 0 Å². The summed E-state index contributed by atoms with van der Waals surface area (Å²) in [6.45, 7) is 4.52. The third-order valence-corrected chi connectivity index (χ3v) is 4.10. The van der Waals surface area contributed by atoms with E-state index in [0.29, 0.717) is 0 Å². The molecule has 1 fully saturated rings. The minimum atomic E-state index is -1.23. The summed E-state index contributed by atoms with van der Waals surface area (Å²) in [7, 11) is 1.29. The Morgan fingerprint density at radius 3 is 2.57 bits per heavy atom. The van der Waals surface area contributed by atoms with E-state index >= 15 is 0 Å². The number of hydrogen-bond acceptors (Lipinski definition) is 8. The maximum Gasteiger partial charge on any atom is 0.416 e. The summed E-state index contributed by atoms with van der Waals surface area (Å²) >= 11 is 0.749. The number of aliphatic hydroxyl groups excluding tert-OH is 3. The van der Waals surface area contributed by atoms with Crippen molar-refractivity contribution < 1.29 is 34.1 Å². The van der Waals surface area contributed by atoms with Gasteiger partial charge in [0.1, 0.15) is 23.2 Å². The molecule has 1 aliphatic heterocycles. The van der Waals surface area contributed by atoms with Crippen LogP contribution in [0.2, 0.25) is 0 Å². The second-order valence-corrected chi connectivity index (χ2v) is 7.23. The molecule has 0 bridgehead atoms. The number of carbonyl (C=O) groups is 1. The molecule has 0 spiro atoms. The fourth-order valence-corrected chi connectivity index (χ4v) is 2.82. The van der Waals surface area contributed by atoms with Crippen LogP contribution in [0.3, 0.4) is 0 Å². The van der Waals surface area contributed by atoms with Gasteiger partial charge in [-0.1, -0.05) is 21.5 Å². The zero-order chi connectivity index (χ0) is 17.8. The van der Waals surface area contributed by atoms with Gasteiger partial charge in [-0.2, -0.15) is 0 Å². The van der Waals surface area contributed by atoms with Crippen LogP contribution >= 0.6 is 11.8 Å². The molecule has 1 amide bonds. The molecule has 10 heteroatoms. The first-order valence-electron chi connectivity index (χ1n) is 7.03. The largest absolute Gasteiger partial charge is 0.443 e. The molecule has 0 radical (unpaired) electrons. The quantitative estimate of drug-likeness (QED) is 0.493. The first-order valence-corrected chi connectivity index (χ1v) is 7.91. The van der Waals surface area contributed by atoms with Gasteiger partial charge in [0, 0.05) is 13.5 Å². The summed E-state index contributed by atoms with van der Waals surface area (Å²) in [6.07, 6.45) is -4.17. The molecule has 0 aromatic carbocycles. The maximum absolute atomic E-state index is 12.9. The Hall–Kier alpha value is -0.940. The molecule has 23 heavy (non-hydrogen) atoms. The smallest absolute Gasteiger partial charge is 0.416 e. The van der Waals surface area contributed by atoms with Crippen molar-refractivity contribution in [2.45, 2.75) is 56.5 Å². The van der Waals surface area contributed by atoms with Gasteiger partial charge in [0.05, 0.1) is 12.7 Å². The molecule has 2 unspecified atom stereocenters. The lowest BCUT2D eigenvalue weighted by Gasteiger charge is -2.36. The van der Waals surface area contributed by atoms with Crippen molar-refractivity contribution in [2.24, 2.45) is 5.21 Å². The molecule has 1 heterocycles. The van der Waals surface area contributed by atoms with Gasteiger partial charge < -0.3 is 24.8 Å². The Kier molecular flexibility index (Phi) is 7.21. The number of carbonyl (C=O) groups excluding carboxylic acids is 1. The van der Waals surface area contributed by atoms with Gasteiger partial charge in [0.15, 0.2) is 0 Å². The number of thioether (sulfide) groups is 1. The van der Waals surface area contributed by atoms with Crippen LogP contribution in [-0.2, 0) is 9.47 Å². The summed E-state index contributed by atoms with van der Waals surface area (Å²) in [6, 6.07) is 0. The number of aliphatic hydroxyl groups is 3. The number of halogens is 1. The van der Waals surface area contributed by atoms with Crippen LogP contribution in [0.5, 0.6) is 0 Å². The fourth-order valence-electron chi connectivity index (χ4n) is 1.82. The lowest BCUT2D eigenvalue weighted by atomic mass is 10.0. The monoisotopic (exact) mass is 354 g/mol. The van der Waals surface area contributed by atoms with Crippen LogP contribution < -0.4 is 0 Å². The molecule has 8 nitrogen and oxygen atoms in total. The first kappa shape index (κ1) is 20.1. The zero-order valence-corrected chi connectivity index (χ0v) is 14.3. The van der Waals surface area contributed by atoms with Crippen LogP contribution in [0.25, 0.3) is 0 Å². The lowest BCUT2D eigenvalue weighted by molar-refractivity contribution is -0.156. The molecular formula is C13H23FN2O6S. The van der Waals surface area contributed by atoms with Gasteiger partial charge in [-0.15, -0.1) is 0 Å². The van der Waals surface area contributed by atoms with Gasteiger partial charge in [0.2, 0.25) is 5.17 Å². The van der Waals surface area contributed by atoms with Crippen LogP contribution in [0.1, 0.15) is 27.2 Å². The van der Waals surface area contributed by atoms with E-state index in [1.807, 2.05) is 0 Å². The third-order valence-electron chi connectivity index (χ3n) is 2.98. The van der Waals surface area contributed by atoms with Gasteiger partial charge >= 0.3 is 6.09 Å². The van der Waals surface area contributed by atoms with E-state index in [2.05, 4.69) is 5.21 Å². The molecule has 0 aromatic rings. The minimum Gasteiger partial charge on any atom is -0.443 e. The second kappa shape index (κ2) is 8.25. The number of ether oxygens (including phenoxy) is 2. The number of amides is 1. The summed E-state index contributed by atoms with van der Waals surface area (Å²) in [5, 5.41) is 30.7. The highest BCUT2D eigenvalue weighted by Gasteiger charge is 2.38. The van der Waals surface area contributed by atoms with Crippen LogP contribution in [0, 0.1) is 0 Å². The molecule has 0 saturated carbocycles. The molecule has 1 rings (SSSR count). The minimum absolute atomic E-state index is 0.0104. The average Bonchev–Trinajstić information content (AvgIpc) is 2.45. The normalized spacial score (nSPS) is 29.3. The molecular weight excluding hydrogens is 331 g/mol. The van der Waals surface area contributed by atoms with E-state index in [9.17, 15) is 19.5 Å². The molecule has 1 aliphatic rings. The van der Waals surface area contributed by atoms with E-state index in [4.69, 9.17) is 14.6 Å². The SMILES string of the molecule is CN(C(=O)OC(C)(C)C)/C(=N\F)S[C@@H]1CC(O)[C@H](O)C(CO)O1. The van der Waals surface area contributed by atoms with Crippen molar-refractivity contribution in [3.63, 3.8) is 0 Å². The van der Waals surface area contributed by atoms with Crippen molar-refractivity contribution in [3.8, 4) is 0 Å². The van der Waals surface area contributed by atoms with E-state index in [1.165, 1.54) is 7.05 Å². The van der Waals surface area contributed by atoms with Gasteiger partial charge in [-0.25, -0.2) is 4.79 Å². The average molecular weight is 354 g/mol. The van der Waals surface area contributed by atoms with Crippen molar-refractivity contribution in [2.75, 3.05) is 13.7 Å². The Morgan fingerprint density at radius 1 is 1.48 bits per heavy atom. The van der Waals surface area contributed by atoms with E-state index in [1.54, 1.807) is 20.8 Å². The van der Waals surface area contributed by atoms with Crippen LogP contribution in [-0.4, -0.2) is 74.5 Å². The van der Waals surface area contributed by atoms with Crippen molar-refractivity contribution in [1.29, 1.82) is 0 Å². The standard InChI is InChI=1S/C13H23FN2O6S/c1-13(2,3)22-12(20)16(4)11(15-14)23-9-5-7(18)10(19)8(6-17)21-9/h7-10,17-19H,5-6H2,1-4H3/b15-11+/t7?,8?,9-,10+/m1/s1. The Balaban J connectivity index is 2.71. The highest BCUT2D eigenvalue weighted by atomic mass is 32.2. The highest BCUT2D eigenvalue weighted by Crippen LogP contribution is 2.29. The highest BCUT2D eigenvalue weighted by molar-refractivity contribution is 8.14. The van der Waals surface area contributed by atoms with Gasteiger partial charge in [-0.3, -0.25) is 4.90 Å². The molecule has 0 aliphatic carbocycles. The Bertz CT molecular complexity index is 445. The predicted octanol–water partition coefficient (Wildman–Crippen LogP) is 0.656.